The van der Waals surface area contributed by atoms with Crippen LogP contribution in [0.3, 0.4) is 0 Å². The Hall–Kier alpha value is -5.71. The van der Waals surface area contributed by atoms with Gasteiger partial charge in [0.15, 0.2) is 0 Å². The summed E-state index contributed by atoms with van der Waals surface area (Å²) in [7, 11) is 0. The normalized spacial score (nSPS) is 21.2. The predicted octanol–water partition coefficient (Wildman–Crippen LogP) is 4.95. The zero-order valence-corrected chi connectivity index (χ0v) is 22.4. The molecule has 2 atom stereocenters. The molecule has 1 saturated heterocycles. The van der Waals surface area contributed by atoms with E-state index < -0.39 is 39.4 Å². The first-order chi connectivity index (χ1) is 20.8. The van der Waals surface area contributed by atoms with Crippen LogP contribution in [0.2, 0.25) is 0 Å². The maximum absolute atomic E-state index is 14.3. The molecule has 4 aromatic carbocycles. The maximum atomic E-state index is 14.3. The molecule has 1 fully saturated rings. The highest BCUT2D eigenvalue weighted by Gasteiger charge is 2.63. The van der Waals surface area contributed by atoms with E-state index in [4.69, 9.17) is 0 Å². The molecule has 0 saturated carbocycles. The second kappa shape index (κ2) is 9.69. The molecule has 3 aliphatic carbocycles. The van der Waals surface area contributed by atoms with Gasteiger partial charge >= 0.3 is 0 Å². The van der Waals surface area contributed by atoms with Crippen LogP contribution in [0.25, 0.3) is 0 Å². The van der Waals surface area contributed by atoms with Crippen LogP contribution < -0.4 is 0 Å². The van der Waals surface area contributed by atoms with Gasteiger partial charge in [-0.2, -0.15) is 5.01 Å². The molecule has 0 N–H and O–H groups in total. The number of carbonyl (C=O) groups excluding carboxylic acids is 3. The van der Waals surface area contributed by atoms with E-state index in [1.807, 2.05) is 48.5 Å². The molecule has 0 unspecified atom stereocenters. The van der Waals surface area contributed by atoms with Gasteiger partial charge in [0.05, 0.1) is 28.2 Å². The second-order valence-corrected chi connectivity index (χ2v) is 10.8. The van der Waals surface area contributed by atoms with Crippen molar-refractivity contribution in [2.24, 2.45) is 11.8 Å². The highest BCUT2D eigenvalue weighted by atomic mass is 16.6. The number of hydrogen-bond acceptors (Lipinski definition) is 7. The topological polar surface area (TPSA) is 144 Å². The third-order valence-electron chi connectivity index (χ3n) is 8.71. The summed E-state index contributed by atoms with van der Waals surface area (Å²) in [5.74, 6) is -3.94. The van der Waals surface area contributed by atoms with Gasteiger partial charge in [0.25, 0.3) is 29.1 Å². The van der Waals surface area contributed by atoms with Gasteiger partial charge in [-0.25, -0.2) is 5.01 Å². The van der Waals surface area contributed by atoms with Gasteiger partial charge in [-0.3, -0.25) is 34.6 Å². The summed E-state index contributed by atoms with van der Waals surface area (Å²) in [6.07, 6.45) is 0. The number of non-ortho nitro benzene ring substituents is 2. The predicted molar refractivity (Wildman–Crippen MR) is 151 cm³/mol. The fourth-order valence-corrected chi connectivity index (χ4v) is 6.90. The van der Waals surface area contributed by atoms with Crippen molar-refractivity contribution >= 4 is 29.1 Å². The van der Waals surface area contributed by atoms with Crippen LogP contribution in [0, 0.1) is 32.1 Å². The minimum absolute atomic E-state index is 0.0394. The van der Waals surface area contributed by atoms with Crippen LogP contribution >= 0.6 is 0 Å². The van der Waals surface area contributed by atoms with Crippen LogP contribution in [-0.4, -0.2) is 37.6 Å². The molecule has 0 radical (unpaired) electrons. The molecule has 43 heavy (non-hydrogen) atoms. The molecule has 212 valence electrons. The Kier molecular flexibility index (Phi) is 5.91. The van der Waals surface area contributed by atoms with E-state index in [2.05, 4.69) is 0 Å². The van der Waals surface area contributed by atoms with Gasteiger partial charge in [0.1, 0.15) is 0 Å². The number of rotatable bonds is 6. The highest BCUT2D eigenvalue weighted by molar-refractivity contribution is 6.09. The van der Waals surface area contributed by atoms with Crippen LogP contribution in [0.1, 0.15) is 50.0 Å². The minimum atomic E-state index is -0.730. The zero-order valence-electron chi connectivity index (χ0n) is 22.4. The first-order valence-corrected chi connectivity index (χ1v) is 13.6. The van der Waals surface area contributed by atoms with Crippen LogP contribution in [0.15, 0.2) is 97.1 Å². The van der Waals surface area contributed by atoms with Crippen molar-refractivity contribution in [1.82, 2.24) is 10.0 Å². The standard InChI is InChI=1S/C32H22N4O7/c37-30(19-11-15-21(16-12-19)36(42)43)33(17-18-9-13-20(14-10-18)35(40)41)34-31(38)28-26-22-5-1-2-6-23(22)27(29(28)32(34)39)25-8-4-3-7-24(25)26/h1-16,26-29H,17H2/t26?,27?,28-,29-/m0/s1. The lowest BCUT2D eigenvalue weighted by atomic mass is 9.55. The number of carbonyl (C=O) groups is 3. The number of hydrogen-bond donors (Lipinski definition) is 0. The number of benzene rings is 4. The van der Waals surface area contributed by atoms with E-state index in [1.54, 1.807) is 0 Å². The molecule has 2 bridgehead atoms. The fourth-order valence-electron chi connectivity index (χ4n) is 6.90. The number of nitro benzene ring substituents is 2. The second-order valence-electron chi connectivity index (χ2n) is 10.8. The molecule has 4 aromatic rings. The van der Waals surface area contributed by atoms with Crippen LogP contribution in [-0.2, 0) is 16.1 Å². The van der Waals surface area contributed by atoms with Crippen LogP contribution in [0.5, 0.6) is 0 Å². The summed E-state index contributed by atoms with van der Waals surface area (Å²) in [5, 5.41) is 24.4. The lowest BCUT2D eigenvalue weighted by Gasteiger charge is -2.45. The monoisotopic (exact) mass is 574 g/mol. The highest BCUT2D eigenvalue weighted by Crippen LogP contribution is 2.61. The Balaban J connectivity index is 1.32. The third-order valence-corrected chi connectivity index (χ3v) is 8.71. The summed E-state index contributed by atoms with van der Waals surface area (Å²) in [5.41, 5.74) is 4.06. The van der Waals surface area contributed by atoms with E-state index in [0.29, 0.717) is 5.56 Å². The molecule has 0 aromatic heterocycles. The first-order valence-electron chi connectivity index (χ1n) is 13.6. The van der Waals surface area contributed by atoms with Crippen molar-refractivity contribution in [2.75, 3.05) is 0 Å². The Morgan fingerprint density at radius 2 is 1.05 bits per heavy atom. The summed E-state index contributed by atoms with van der Waals surface area (Å²) in [4.78, 5) is 63.9. The van der Waals surface area contributed by atoms with E-state index in [-0.39, 0.29) is 35.3 Å². The van der Waals surface area contributed by atoms with E-state index in [1.165, 1.54) is 48.5 Å². The number of nitro groups is 2. The van der Waals surface area contributed by atoms with Gasteiger partial charge in [-0.05, 0) is 39.9 Å². The van der Waals surface area contributed by atoms with E-state index in [9.17, 15) is 34.6 Å². The maximum Gasteiger partial charge on any atom is 0.273 e. The fraction of sp³-hybridized carbons (Fsp3) is 0.156. The van der Waals surface area contributed by atoms with Crippen molar-refractivity contribution < 1.29 is 24.2 Å². The first kappa shape index (κ1) is 26.2. The number of hydrazine groups is 1. The Morgan fingerprint density at radius 3 is 1.44 bits per heavy atom. The largest absolute Gasteiger partial charge is 0.273 e. The van der Waals surface area contributed by atoms with Gasteiger partial charge < -0.3 is 0 Å². The molecule has 4 aliphatic rings. The number of imide groups is 1. The molecule has 1 aliphatic heterocycles. The molecule has 3 amide bonds. The summed E-state index contributed by atoms with van der Waals surface area (Å²) >= 11 is 0. The van der Waals surface area contributed by atoms with Gasteiger partial charge in [-0.15, -0.1) is 0 Å². The number of nitrogens with zero attached hydrogens (tertiary/aromatic N) is 4. The van der Waals surface area contributed by atoms with Crippen molar-refractivity contribution in [3.8, 4) is 0 Å². The smallest absolute Gasteiger partial charge is 0.272 e. The van der Waals surface area contributed by atoms with Crippen molar-refractivity contribution in [1.29, 1.82) is 0 Å². The van der Waals surface area contributed by atoms with Crippen LogP contribution in [0.4, 0.5) is 11.4 Å². The molecule has 11 heteroatoms. The number of amides is 3. The summed E-state index contributed by atoms with van der Waals surface area (Å²) in [6.45, 7) is -0.236. The van der Waals surface area contributed by atoms with Crippen molar-refractivity contribution in [2.45, 2.75) is 18.4 Å². The molecule has 8 rings (SSSR count). The van der Waals surface area contributed by atoms with Crippen molar-refractivity contribution in [3.63, 3.8) is 0 Å². The Labute approximate surface area is 244 Å². The van der Waals surface area contributed by atoms with Gasteiger partial charge in [0, 0.05) is 41.7 Å². The van der Waals surface area contributed by atoms with Gasteiger partial charge in [0.2, 0.25) is 0 Å². The average Bonchev–Trinajstić information content (AvgIpc) is 3.29. The summed E-state index contributed by atoms with van der Waals surface area (Å²) in [6, 6.07) is 26.0. The van der Waals surface area contributed by atoms with E-state index in [0.717, 1.165) is 32.3 Å². The molecule has 0 spiro atoms. The lowest BCUT2D eigenvalue weighted by Crippen LogP contribution is -2.50. The summed E-state index contributed by atoms with van der Waals surface area (Å²) < 4.78 is 0. The molecule has 11 nitrogen and oxygen atoms in total. The minimum Gasteiger partial charge on any atom is -0.272 e. The van der Waals surface area contributed by atoms with Crippen molar-refractivity contribution in [3.05, 3.63) is 151 Å². The van der Waals surface area contributed by atoms with E-state index >= 15 is 0 Å². The molecular weight excluding hydrogens is 552 g/mol. The molecular formula is C32H22N4O7. The third kappa shape index (κ3) is 3.92. The Bertz CT molecular complexity index is 1740. The average molecular weight is 575 g/mol. The zero-order chi connectivity index (χ0) is 30.0. The van der Waals surface area contributed by atoms with Gasteiger partial charge in [-0.1, -0.05) is 60.7 Å². The lowest BCUT2D eigenvalue weighted by molar-refractivity contribution is -0.385. The Morgan fingerprint density at radius 1 is 0.651 bits per heavy atom. The molecule has 1 heterocycles. The SMILES string of the molecule is O=C(c1ccc([N+](=O)[O-])cc1)N(Cc1ccc([N+](=O)[O-])cc1)N1C(=O)[C@H]2C3c4ccccc4C(c4ccccc43)[C@@H]2C1=O. The quantitative estimate of drug-likeness (QED) is 0.180.